The second-order valence-corrected chi connectivity index (χ2v) is 3.40. The van der Waals surface area contributed by atoms with Crippen LogP contribution in [0.2, 0.25) is 0 Å². The number of hydrogen-bond donors (Lipinski definition) is 4. The fourth-order valence-electron chi connectivity index (χ4n) is 1.31. The maximum absolute atomic E-state index is 5.11. The molecule has 0 bridgehead atoms. The average Bonchev–Trinajstić information content (AvgIpc) is 2.19. The molecular formula is C7H17N5S. The second kappa shape index (κ2) is 6.09. The monoisotopic (exact) mass is 203 g/mol. The van der Waals surface area contributed by atoms with Gasteiger partial charge in [0.25, 0.3) is 0 Å². The lowest BCUT2D eigenvalue weighted by Gasteiger charge is -2.27. The topological polar surface area (TPSA) is 65.3 Å². The summed E-state index contributed by atoms with van der Waals surface area (Å²) in [4.78, 5) is 2.39. The summed E-state index contributed by atoms with van der Waals surface area (Å²) in [5.74, 6) is 5.11. The largest absolute Gasteiger partial charge is 0.360 e. The van der Waals surface area contributed by atoms with Crippen molar-refractivity contribution in [2.45, 2.75) is 0 Å². The van der Waals surface area contributed by atoms with E-state index >= 15 is 0 Å². The van der Waals surface area contributed by atoms with E-state index in [1.54, 1.807) is 0 Å². The molecule has 5 nitrogen and oxygen atoms in total. The quantitative estimate of drug-likeness (QED) is 0.247. The zero-order chi connectivity index (χ0) is 9.52. The molecular weight excluding hydrogens is 186 g/mol. The van der Waals surface area contributed by atoms with E-state index in [2.05, 4.69) is 21.0 Å². The van der Waals surface area contributed by atoms with Gasteiger partial charge in [-0.3, -0.25) is 4.90 Å². The molecule has 1 heterocycles. The van der Waals surface area contributed by atoms with Crippen molar-refractivity contribution in [3.63, 3.8) is 0 Å². The van der Waals surface area contributed by atoms with Gasteiger partial charge in [-0.15, -0.1) is 0 Å². The Balaban J connectivity index is 2.01. The van der Waals surface area contributed by atoms with Gasteiger partial charge >= 0.3 is 0 Å². The molecule has 0 amide bonds. The number of piperazine rings is 1. The van der Waals surface area contributed by atoms with Crippen molar-refractivity contribution in [3.05, 3.63) is 0 Å². The van der Waals surface area contributed by atoms with Gasteiger partial charge in [0.05, 0.1) is 0 Å². The highest BCUT2D eigenvalue weighted by atomic mass is 32.1. The lowest BCUT2D eigenvalue weighted by Crippen LogP contribution is -2.48. The van der Waals surface area contributed by atoms with Crippen LogP contribution in [0.5, 0.6) is 0 Å². The van der Waals surface area contributed by atoms with Crippen molar-refractivity contribution in [2.75, 3.05) is 39.3 Å². The zero-order valence-electron chi connectivity index (χ0n) is 7.68. The summed E-state index contributed by atoms with van der Waals surface area (Å²) >= 11 is 4.84. The standard InChI is InChI=1S/C7H17N5S/c8-11-7(13)10-3-6-12-4-1-9-2-5-12/h9H,1-6,8H2,(H2,10,11,13). The summed E-state index contributed by atoms with van der Waals surface area (Å²) in [7, 11) is 0. The van der Waals surface area contributed by atoms with Gasteiger partial charge in [-0.2, -0.15) is 0 Å². The van der Waals surface area contributed by atoms with Crippen LogP contribution in [0.25, 0.3) is 0 Å². The van der Waals surface area contributed by atoms with E-state index in [0.29, 0.717) is 5.11 Å². The van der Waals surface area contributed by atoms with E-state index in [9.17, 15) is 0 Å². The summed E-state index contributed by atoms with van der Waals surface area (Å²) < 4.78 is 0. The Hall–Kier alpha value is -0.430. The van der Waals surface area contributed by atoms with Gasteiger partial charge in [0.15, 0.2) is 5.11 Å². The highest BCUT2D eigenvalue weighted by molar-refractivity contribution is 7.80. The summed E-state index contributed by atoms with van der Waals surface area (Å²) in [5.41, 5.74) is 2.39. The number of hydrazine groups is 1. The summed E-state index contributed by atoms with van der Waals surface area (Å²) in [6.07, 6.45) is 0. The Morgan fingerprint density at radius 3 is 2.77 bits per heavy atom. The van der Waals surface area contributed by atoms with Crippen LogP contribution < -0.4 is 21.9 Å². The number of hydrogen-bond acceptors (Lipinski definition) is 4. The van der Waals surface area contributed by atoms with E-state index in [4.69, 9.17) is 18.1 Å². The maximum Gasteiger partial charge on any atom is 0.180 e. The van der Waals surface area contributed by atoms with Crippen LogP contribution in [0.4, 0.5) is 0 Å². The number of thiocarbonyl (C=S) groups is 1. The predicted octanol–water partition coefficient (Wildman–Crippen LogP) is -1.77. The van der Waals surface area contributed by atoms with Crippen LogP contribution in [-0.4, -0.2) is 49.3 Å². The summed E-state index contributed by atoms with van der Waals surface area (Å²) in [6, 6.07) is 0. The van der Waals surface area contributed by atoms with E-state index in [1.165, 1.54) is 0 Å². The molecule has 1 saturated heterocycles. The molecule has 0 aliphatic carbocycles. The van der Waals surface area contributed by atoms with Gasteiger partial charge in [-0.25, -0.2) is 5.84 Å². The maximum atomic E-state index is 5.11. The smallest absolute Gasteiger partial charge is 0.180 e. The molecule has 76 valence electrons. The van der Waals surface area contributed by atoms with Gasteiger partial charge in [0, 0.05) is 39.3 Å². The molecule has 0 radical (unpaired) electrons. The van der Waals surface area contributed by atoms with Crippen LogP contribution in [-0.2, 0) is 0 Å². The van der Waals surface area contributed by atoms with Crippen molar-refractivity contribution in [1.29, 1.82) is 0 Å². The van der Waals surface area contributed by atoms with Gasteiger partial charge in [-0.1, -0.05) is 0 Å². The molecule has 0 aromatic carbocycles. The molecule has 1 aliphatic rings. The fraction of sp³-hybridized carbons (Fsp3) is 0.857. The Morgan fingerprint density at radius 1 is 1.46 bits per heavy atom. The number of nitrogens with two attached hydrogens (primary N) is 1. The van der Waals surface area contributed by atoms with Crippen molar-refractivity contribution < 1.29 is 0 Å². The normalized spacial score (nSPS) is 18.2. The first-order valence-electron chi connectivity index (χ1n) is 4.50. The van der Waals surface area contributed by atoms with Crippen LogP contribution in [0.1, 0.15) is 0 Å². The first kappa shape index (κ1) is 10.6. The van der Waals surface area contributed by atoms with E-state index in [0.717, 1.165) is 39.3 Å². The highest BCUT2D eigenvalue weighted by Gasteiger charge is 2.07. The third-order valence-electron chi connectivity index (χ3n) is 2.05. The van der Waals surface area contributed by atoms with Crippen LogP contribution in [0.15, 0.2) is 0 Å². The zero-order valence-corrected chi connectivity index (χ0v) is 8.49. The number of nitrogens with zero attached hydrogens (tertiary/aromatic N) is 1. The first-order valence-corrected chi connectivity index (χ1v) is 4.91. The van der Waals surface area contributed by atoms with Crippen LogP contribution in [0.3, 0.4) is 0 Å². The lowest BCUT2D eigenvalue weighted by atomic mass is 10.3. The van der Waals surface area contributed by atoms with Crippen LogP contribution in [0, 0.1) is 0 Å². The summed E-state index contributed by atoms with van der Waals surface area (Å²) in [5, 5.41) is 6.83. The van der Waals surface area contributed by atoms with Crippen molar-refractivity contribution >= 4 is 17.3 Å². The molecule has 0 unspecified atom stereocenters. The van der Waals surface area contributed by atoms with Gasteiger partial charge < -0.3 is 16.1 Å². The SMILES string of the molecule is NNC(=S)NCCN1CCNCC1. The van der Waals surface area contributed by atoms with E-state index < -0.39 is 0 Å². The minimum atomic E-state index is 0.509. The number of rotatable bonds is 3. The second-order valence-electron chi connectivity index (χ2n) is 2.99. The van der Waals surface area contributed by atoms with Crippen molar-refractivity contribution in [2.24, 2.45) is 5.84 Å². The summed E-state index contributed by atoms with van der Waals surface area (Å²) in [6.45, 7) is 6.26. The molecule has 0 atom stereocenters. The average molecular weight is 203 g/mol. The van der Waals surface area contributed by atoms with Crippen molar-refractivity contribution in [3.8, 4) is 0 Å². The Morgan fingerprint density at radius 2 is 2.15 bits per heavy atom. The van der Waals surface area contributed by atoms with E-state index in [-0.39, 0.29) is 0 Å². The predicted molar refractivity (Wildman–Crippen MR) is 57.2 cm³/mol. The van der Waals surface area contributed by atoms with Crippen LogP contribution >= 0.6 is 12.2 Å². The molecule has 0 aromatic heterocycles. The lowest BCUT2D eigenvalue weighted by molar-refractivity contribution is 0.244. The molecule has 5 N–H and O–H groups in total. The molecule has 0 spiro atoms. The van der Waals surface area contributed by atoms with Gasteiger partial charge in [-0.05, 0) is 12.2 Å². The Bertz CT molecular complexity index is 157. The molecule has 0 saturated carbocycles. The minimum absolute atomic E-state index is 0.509. The molecule has 1 aliphatic heterocycles. The van der Waals surface area contributed by atoms with E-state index in [1.807, 2.05) is 0 Å². The first-order chi connectivity index (χ1) is 6.33. The third kappa shape index (κ3) is 4.37. The third-order valence-corrected chi connectivity index (χ3v) is 2.32. The van der Waals surface area contributed by atoms with Crippen molar-refractivity contribution in [1.82, 2.24) is 21.0 Å². The van der Waals surface area contributed by atoms with Gasteiger partial charge in [0.2, 0.25) is 0 Å². The molecule has 13 heavy (non-hydrogen) atoms. The highest BCUT2D eigenvalue weighted by Crippen LogP contribution is 1.89. The molecule has 0 aromatic rings. The molecule has 1 rings (SSSR count). The van der Waals surface area contributed by atoms with Gasteiger partial charge in [0.1, 0.15) is 0 Å². The minimum Gasteiger partial charge on any atom is -0.360 e. The molecule has 1 fully saturated rings. The fourth-order valence-corrected chi connectivity index (χ4v) is 1.42. The number of nitrogens with one attached hydrogen (secondary N) is 3. The molecule has 6 heteroatoms. The Labute approximate surface area is 84.0 Å². The Kier molecular flexibility index (Phi) is 4.99.